The number of hydrogen-bond donors (Lipinski definition) is 1. The van der Waals surface area contributed by atoms with E-state index in [1.54, 1.807) is 0 Å². The molecule has 3 nitrogen and oxygen atoms in total. The van der Waals surface area contributed by atoms with E-state index in [0.29, 0.717) is 12.3 Å². The van der Waals surface area contributed by atoms with Gasteiger partial charge in [0.2, 0.25) is 0 Å². The molecule has 1 aliphatic rings. The number of H-pyrrole nitrogens is 1. The van der Waals surface area contributed by atoms with E-state index in [9.17, 15) is 0 Å². The Balaban J connectivity index is 2.08. The van der Waals surface area contributed by atoms with Gasteiger partial charge in [-0.05, 0) is 24.8 Å². The Hall–Kier alpha value is -1.30. The molecule has 0 amide bonds. The zero-order valence-corrected chi connectivity index (χ0v) is 8.29. The minimum Gasteiger partial charge on any atom is -0.282 e. The van der Waals surface area contributed by atoms with Crippen LogP contribution < -0.4 is 0 Å². The molecule has 0 bridgehead atoms. The van der Waals surface area contributed by atoms with E-state index in [1.807, 2.05) is 6.20 Å². The smallest absolute Gasteiger partial charge is 0.0625 e. The molecule has 0 radical (unpaired) electrons. The molecule has 0 spiro atoms. The van der Waals surface area contributed by atoms with Gasteiger partial charge in [-0.2, -0.15) is 10.4 Å². The molecule has 1 heterocycles. The quantitative estimate of drug-likeness (QED) is 0.794. The summed E-state index contributed by atoms with van der Waals surface area (Å²) >= 11 is 0. The second-order valence-corrected chi connectivity index (χ2v) is 3.95. The fourth-order valence-electron chi connectivity index (χ4n) is 2.28. The highest BCUT2D eigenvalue weighted by Gasteiger charge is 2.20. The summed E-state index contributed by atoms with van der Waals surface area (Å²) in [5.74, 6) is 0.672. The highest BCUT2D eigenvalue weighted by Crippen LogP contribution is 2.34. The maximum absolute atomic E-state index is 8.54. The normalized spacial score (nSPS) is 17.1. The molecule has 3 heteroatoms. The van der Waals surface area contributed by atoms with E-state index in [-0.39, 0.29) is 0 Å². The molecule has 1 N–H and O–H groups in total. The number of nitrogens with zero attached hydrogens (tertiary/aromatic N) is 2. The van der Waals surface area contributed by atoms with Gasteiger partial charge in [-0.15, -0.1) is 0 Å². The van der Waals surface area contributed by atoms with Crippen molar-refractivity contribution in [3.63, 3.8) is 0 Å². The summed E-state index contributed by atoms with van der Waals surface area (Å²) in [6, 6.07) is 2.18. The zero-order chi connectivity index (χ0) is 9.80. The molecule has 0 aliphatic heterocycles. The van der Waals surface area contributed by atoms with Crippen molar-refractivity contribution >= 4 is 0 Å². The number of hydrogen-bond acceptors (Lipinski definition) is 2. The summed E-state index contributed by atoms with van der Waals surface area (Å²) in [5, 5.41) is 15.7. The van der Waals surface area contributed by atoms with Crippen molar-refractivity contribution in [2.24, 2.45) is 0 Å². The molecule has 1 aromatic rings. The lowest BCUT2D eigenvalue weighted by atomic mass is 9.98. The molecule has 0 aromatic carbocycles. The van der Waals surface area contributed by atoms with Crippen molar-refractivity contribution in [3.05, 3.63) is 17.5 Å². The first-order chi connectivity index (χ1) is 6.92. The molecule has 1 aliphatic carbocycles. The van der Waals surface area contributed by atoms with Gasteiger partial charge in [-0.1, -0.05) is 12.8 Å². The first-order valence-corrected chi connectivity index (χ1v) is 5.31. The molecule has 1 fully saturated rings. The summed E-state index contributed by atoms with van der Waals surface area (Å²) in [5.41, 5.74) is 2.54. The standard InChI is InChI=1S/C11H15N3/c12-7-3-6-10-8-13-14-11(10)9-4-1-2-5-9/h8-9H,1-6H2,(H,13,14). The lowest BCUT2D eigenvalue weighted by Gasteiger charge is -2.08. The van der Waals surface area contributed by atoms with E-state index in [4.69, 9.17) is 5.26 Å². The zero-order valence-electron chi connectivity index (χ0n) is 8.29. The molecule has 0 unspecified atom stereocenters. The average Bonchev–Trinajstić information content (AvgIpc) is 2.84. The van der Waals surface area contributed by atoms with Crippen LogP contribution in [0.5, 0.6) is 0 Å². The Labute approximate surface area is 84.1 Å². The van der Waals surface area contributed by atoms with Crippen LogP contribution in [0, 0.1) is 11.3 Å². The number of aryl methyl sites for hydroxylation is 1. The van der Waals surface area contributed by atoms with Crippen LogP contribution in [-0.4, -0.2) is 10.2 Å². The Kier molecular flexibility index (Phi) is 2.83. The van der Waals surface area contributed by atoms with E-state index in [1.165, 1.54) is 36.9 Å². The predicted octanol–water partition coefficient (Wildman–Crippen LogP) is 2.52. The van der Waals surface area contributed by atoms with Gasteiger partial charge >= 0.3 is 0 Å². The maximum Gasteiger partial charge on any atom is 0.0625 e. The highest BCUT2D eigenvalue weighted by atomic mass is 15.1. The SMILES string of the molecule is N#CCCc1cn[nH]c1C1CCCC1. The van der Waals surface area contributed by atoms with Crippen LogP contribution in [0.2, 0.25) is 0 Å². The molecular formula is C11H15N3. The minimum absolute atomic E-state index is 0.596. The average molecular weight is 189 g/mol. The molecule has 14 heavy (non-hydrogen) atoms. The topological polar surface area (TPSA) is 52.5 Å². The summed E-state index contributed by atoms with van der Waals surface area (Å²) in [6.07, 6.45) is 8.55. The third-order valence-corrected chi connectivity index (χ3v) is 3.02. The first-order valence-electron chi connectivity index (χ1n) is 5.31. The largest absolute Gasteiger partial charge is 0.282 e. The Morgan fingerprint density at radius 2 is 2.29 bits per heavy atom. The number of nitrogens with one attached hydrogen (secondary N) is 1. The van der Waals surface area contributed by atoms with E-state index in [0.717, 1.165) is 6.42 Å². The Morgan fingerprint density at radius 1 is 1.50 bits per heavy atom. The molecular weight excluding hydrogens is 174 g/mol. The van der Waals surface area contributed by atoms with Crippen LogP contribution in [0.4, 0.5) is 0 Å². The molecule has 0 saturated heterocycles. The summed E-state index contributed by atoms with van der Waals surface area (Å²) in [4.78, 5) is 0. The molecule has 2 rings (SSSR count). The fraction of sp³-hybridized carbons (Fsp3) is 0.636. The van der Waals surface area contributed by atoms with Crippen molar-refractivity contribution < 1.29 is 0 Å². The number of aromatic nitrogens is 2. The first kappa shape index (κ1) is 9.26. The van der Waals surface area contributed by atoms with Crippen LogP contribution in [0.1, 0.15) is 49.3 Å². The van der Waals surface area contributed by atoms with Gasteiger partial charge in [-0.3, -0.25) is 5.10 Å². The molecule has 74 valence electrons. The van der Waals surface area contributed by atoms with Gasteiger partial charge in [0.25, 0.3) is 0 Å². The third-order valence-electron chi connectivity index (χ3n) is 3.02. The second-order valence-electron chi connectivity index (χ2n) is 3.95. The van der Waals surface area contributed by atoms with Crippen LogP contribution >= 0.6 is 0 Å². The lowest BCUT2D eigenvalue weighted by molar-refractivity contribution is 0.683. The maximum atomic E-state index is 8.54. The minimum atomic E-state index is 0.596. The van der Waals surface area contributed by atoms with Gasteiger partial charge in [0.05, 0.1) is 12.3 Å². The predicted molar refractivity (Wildman–Crippen MR) is 53.7 cm³/mol. The monoisotopic (exact) mass is 189 g/mol. The number of rotatable bonds is 3. The van der Waals surface area contributed by atoms with Crippen LogP contribution in [0.15, 0.2) is 6.20 Å². The van der Waals surface area contributed by atoms with E-state index >= 15 is 0 Å². The number of aromatic amines is 1. The third kappa shape index (κ3) is 1.79. The fourth-order valence-corrected chi connectivity index (χ4v) is 2.28. The van der Waals surface area contributed by atoms with Gasteiger partial charge in [0.1, 0.15) is 0 Å². The van der Waals surface area contributed by atoms with Crippen molar-refractivity contribution in [3.8, 4) is 6.07 Å². The van der Waals surface area contributed by atoms with Gasteiger partial charge in [-0.25, -0.2) is 0 Å². The molecule has 1 saturated carbocycles. The number of nitriles is 1. The van der Waals surface area contributed by atoms with Crippen LogP contribution in [0.25, 0.3) is 0 Å². The molecule has 1 aromatic heterocycles. The Bertz CT molecular complexity index is 329. The van der Waals surface area contributed by atoms with Crippen molar-refractivity contribution in [2.75, 3.05) is 0 Å². The van der Waals surface area contributed by atoms with E-state index < -0.39 is 0 Å². The van der Waals surface area contributed by atoms with Crippen LogP contribution in [0.3, 0.4) is 0 Å². The summed E-state index contributed by atoms with van der Waals surface area (Å²) < 4.78 is 0. The van der Waals surface area contributed by atoms with Gasteiger partial charge in [0, 0.05) is 18.0 Å². The second kappa shape index (κ2) is 4.28. The summed E-state index contributed by atoms with van der Waals surface area (Å²) in [7, 11) is 0. The summed E-state index contributed by atoms with van der Waals surface area (Å²) in [6.45, 7) is 0. The van der Waals surface area contributed by atoms with Crippen LogP contribution in [-0.2, 0) is 6.42 Å². The molecule has 0 atom stereocenters. The highest BCUT2D eigenvalue weighted by molar-refractivity contribution is 5.22. The van der Waals surface area contributed by atoms with Gasteiger partial charge in [0.15, 0.2) is 0 Å². The Morgan fingerprint density at radius 3 is 3.00 bits per heavy atom. The van der Waals surface area contributed by atoms with Crippen molar-refractivity contribution in [1.82, 2.24) is 10.2 Å². The van der Waals surface area contributed by atoms with E-state index in [2.05, 4.69) is 16.3 Å². The lowest BCUT2D eigenvalue weighted by Crippen LogP contribution is -1.97. The van der Waals surface area contributed by atoms with Gasteiger partial charge < -0.3 is 0 Å². The van der Waals surface area contributed by atoms with Crippen molar-refractivity contribution in [2.45, 2.75) is 44.4 Å². The van der Waals surface area contributed by atoms with Crippen molar-refractivity contribution in [1.29, 1.82) is 5.26 Å².